The highest BCUT2D eigenvalue weighted by molar-refractivity contribution is 7.83. The Kier molecular flexibility index (Phi) is 4.50. The molecule has 0 saturated carbocycles. The highest BCUT2D eigenvalue weighted by atomic mass is 35.7. The zero-order chi connectivity index (χ0) is 5.70. The highest BCUT2D eigenvalue weighted by Gasteiger charge is 1.93. The first kappa shape index (κ1) is 7.21. The number of hydrogen-bond acceptors (Lipinski definition) is 0. The van der Waals surface area contributed by atoms with Crippen LogP contribution >= 0.6 is 18.5 Å². The van der Waals surface area contributed by atoms with Gasteiger partial charge in [0.2, 0.25) is 6.54 Å². The Morgan fingerprint density at radius 2 is 2.43 bits per heavy atom. The fourth-order valence-electron chi connectivity index (χ4n) is 0.188. The molecule has 0 N–H and O–H groups in total. The first-order chi connectivity index (χ1) is 3.27. The Bertz CT molecular complexity index is 76.2. The fraction of sp³-hybridized carbons (Fsp3) is 0.750. The third kappa shape index (κ3) is 6.21. The van der Waals surface area contributed by atoms with Gasteiger partial charge in [-0.05, 0) is 13.9 Å². The van der Waals surface area contributed by atoms with Crippen molar-refractivity contribution in [2.24, 2.45) is 0 Å². The van der Waals surface area contributed by atoms with Crippen LogP contribution in [0.1, 0.15) is 0 Å². The molecule has 0 aliphatic heterocycles. The first-order valence-corrected chi connectivity index (χ1v) is 4.85. The largest absolute Gasteiger partial charge is 0.317 e. The van der Waals surface area contributed by atoms with Gasteiger partial charge in [-0.2, -0.15) is 0 Å². The van der Waals surface area contributed by atoms with E-state index in [4.69, 9.17) is 17.8 Å². The summed E-state index contributed by atoms with van der Waals surface area (Å²) in [6.07, 6.45) is 0.875. The van der Waals surface area contributed by atoms with Gasteiger partial charge in [0.15, 0.2) is 0 Å². The van der Waals surface area contributed by atoms with Crippen LogP contribution in [0.25, 0.3) is 4.85 Å². The summed E-state index contributed by atoms with van der Waals surface area (Å²) in [5, 5.41) is 0. The average molecular weight is 136 g/mol. The van der Waals surface area contributed by atoms with Crippen molar-refractivity contribution in [3.63, 3.8) is 0 Å². The van der Waals surface area contributed by atoms with Crippen LogP contribution in [0.5, 0.6) is 0 Å². The number of rotatable bonds is 2. The Labute approximate surface area is 50.0 Å². The van der Waals surface area contributed by atoms with Gasteiger partial charge in [0, 0.05) is 0 Å². The van der Waals surface area contributed by atoms with E-state index in [9.17, 15) is 0 Å². The van der Waals surface area contributed by atoms with Crippen molar-refractivity contribution < 1.29 is 0 Å². The molecule has 1 nitrogen and oxygen atoms in total. The van der Waals surface area contributed by atoms with Crippen LogP contribution in [0.4, 0.5) is 0 Å². The SMILES string of the molecule is [C-]#[N+]CCP(C)Cl. The second kappa shape index (κ2) is 4.37. The van der Waals surface area contributed by atoms with E-state index in [2.05, 4.69) is 4.85 Å². The van der Waals surface area contributed by atoms with E-state index in [1.807, 2.05) is 6.66 Å². The molecule has 0 heterocycles. The van der Waals surface area contributed by atoms with Crippen molar-refractivity contribution >= 4 is 18.5 Å². The van der Waals surface area contributed by atoms with Crippen molar-refractivity contribution in [3.05, 3.63) is 11.4 Å². The van der Waals surface area contributed by atoms with E-state index in [0.717, 1.165) is 6.16 Å². The second-order valence-electron chi connectivity index (χ2n) is 1.21. The van der Waals surface area contributed by atoms with Gasteiger partial charge in [0.1, 0.15) is 0 Å². The van der Waals surface area contributed by atoms with Crippen molar-refractivity contribution in [1.82, 2.24) is 0 Å². The number of hydrogen-bond donors (Lipinski definition) is 0. The molecule has 0 saturated heterocycles. The summed E-state index contributed by atoms with van der Waals surface area (Å²) in [6.45, 7) is 8.92. The smallest absolute Gasteiger partial charge is 0.219 e. The summed E-state index contributed by atoms with van der Waals surface area (Å²) in [5.74, 6) is 0. The standard InChI is InChI=1S/C4H7ClNP/c1-6-3-4-7(2)5/h3-4H2,2H3. The molecule has 3 heteroatoms. The topological polar surface area (TPSA) is 4.36 Å². The van der Waals surface area contributed by atoms with Gasteiger partial charge in [-0.3, -0.25) is 0 Å². The molecule has 0 bridgehead atoms. The quantitative estimate of drug-likeness (QED) is 0.404. The molecule has 40 valence electrons. The third-order valence-electron chi connectivity index (χ3n) is 0.520. The zero-order valence-corrected chi connectivity index (χ0v) is 5.84. The Hall–Kier alpha value is 0.210. The lowest BCUT2D eigenvalue weighted by atomic mass is 10.8. The van der Waals surface area contributed by atoms with Gasteiger partial charge in [0.25, 0.3) is 0 Å². The van der Waals surface area contributed by atoms with E-state index in [0.29, 0.717) is 6.54 Å². The maximum absolute atomic E-state index is 6.37. The first-order valence-electron chi connectivity index (χ1n) is 1.97. The molecular weight excluding hydrogens is 128 g/mol. The van der Waals surface area contributed by atoms with E-state index in [1.165, 1.54) is 0 Å². The van der Waals surface area contributed by atoms with Gasteiger partial charge >= 0.3 is 0 Å². The number of halogens is 1. The predicted molar refractivity (Wildman–Crippen MR) is 35.0 cm³/mol. The molecule has 0 amide bonds. The minimum atomic E-state index is -0.348. The van der Waals surface area contributed by atoms with Gasteiger partial charge in [-0.15, -0.1) is 0 Å². The van der Waals surface area contributed by atoms with Crippen molar-refractivity contribution in [2.45, 2.75) is 0 Å². The normalized spacial score (nSPS) is 12.7. The zero-order valence-electron chi connectivity index (χ0n) is 4.19. The molecule has 1 unspecified atom stereocenters. The molecule has 0 fully saturated rings. The van der Waals surface area contributed by atoms with E-state index >= 15 is 0 Å². The summed E-state index contributed by atoms with van der Waals surface area (Å²) in [5.41, 5.74) is 0. The highest BCUT2D eigenvalue weighted by Crippen LogP contribution is 2.35. The van der Waals surface area contributed by atoms with Crippen LogP contribution in [0.15, 0.2) is 0 Å². The van der Waals surface area contributed by atoms with Crippen LogP contribution in [-0.2, 0) is 0 Å². The molecular formula is C4H7ClNP. The minimum absolute atomic E-state index is 0.348. The van der Waals surface area contributed by atoms with Crippen molar-refractivity contribution in [2.75, 3.05) is 19.4 Å². The molecule has 0 spiro atoms. The molecule has 0 aromatic rings. The van der Waals surface area contributed by atoms with E-state index in [1.54, 1.807) is 0 Å². The molecule has 0 aromatic heterocycles. The van der Waals surface area contributed by atoms with Crippen LogP contribution < -0.4 is 0 Å². The summed E-state index contributed by atoms with van der Waals surface area (Å²) in [7, 11) is -0.348. The Morgan fingerprint density at radius 1 is 1.86 bits per heavy atom. The van der Waals surface area contributed by atoms with E-state index in [-0.39, 0.29) is 7.27 Å². The van der Waals surface area contributed by atoms with Crippen LogP contribution in [0.2, 0.25) is 0 Å². The second-order valence-corrected chi connectivity index (χ2v) is 4.60. The summed E-state index contributed by atoms with van der Waals surface area (Å²) < 4.78 is 0. The molecule has 0 aromatic carbocycles. The lowest BCUT2D eigenvalue weighted by Gasteiger charge is -1.90. The third-order valence-corrected chi connectivity index (χ3v) is 1.84. The molecule has 0 aliphatic carbocycles. The van der Waals surface area contributed by atoms with Crippen molar-refractivity contribution in [3.8, 4) is 0 Å². The summed E-state index contributed by atoms with van der Waals surface area (Å²) in [4.78, 5) is 3.16. The van der Waals surface area contributed by atoms with Gasteiger partial charge in [-0.25, -0.2) is 6.57 Å². The van der Waals surface area contributed by atoms with Crippen LogP contribution in [0.3, 0.4) is 0 Å². The Morgan fingerprint density at radius 3 is 2.57 bits per heavy atom. The molecule has 0 radical (unpaired) electrons. The fourth-order valence-corrected chi connectivity index (χ4v) is 0.790. The van der Waals surface area contributed by atoms with E-state index < -0.39 is 0 Å². The predicted octanol–water partition coefficient (Wildman–Crippen LogP) is 2.17. The summed E-state index contributed by atoms with van der Waals surface area (Å²) >= 11 is 5.58. The van der Waals surface area contributed by atoms with Crippen molar-refractivity contribution in [1.29, 1.82) is 0 Å². The average Bonchev–Trinajstić information content (AvgIpc) is 1.61. The van der Waals surface area contributed by atoms with Crippen LogP contribution in [-0.4, -0.2) is 19.4 Å². The maximum atomic E-state index is 6.37. The van der Waals surface area contributed by atoms with Gasteiger partial charge in [0.05, 0.1) is 6.16 Å². The summed E-state index contributed by atoms with van der Waals surface area (Å²) in [6, 6.07) is 0. The minimum Gasteiger partial charge on any atom is -0.317 e. The monoisotopic (exact) mass is 135 g/mol. The Balaban J connectivity index is 2.86. The van der Waals surface area contributed by atoms with Crippen LogP contribution in [0, 0.1) is 6.57 Å². The van der Waals surface area contributed by atoms with Gasteiger partial charge < -0.3 is 4.85 Å². The lowest BCUT2D eigenvalue weighted by molar-refractivity contribution is 1.36. The maximum Gasteiger partial charge on any atom is 0.219 e. The van der Waals surface area contributed by atoms with Gasteiger partial charge in [-0.1, -0.05) is 11.2 Å². The molecule has 0 aliphatic rings. The molecule has 1 atom stereocenters. The number of nitrogens with zero attached hydrogens (tertiary/aromatic N) is 1. The molecule has 7 heavy (non-hydrogen) atoms. The molecule has 0 rings (SSSR count). The lowest BCUT2D eigenvalue weighted by Crippen LogP contribution is -1.78.